The van der Waals surface area contributed by atoms with Gasteiger partial charge < -0.3 is 9.72 Å². The zero-order valence-electron chi connectivity index (χ0n) is 4.35. The van der Waals surface area contributed by atoms with E-state index >= 15 is 0 Å². The van der Waals surface area contributed by atoms with Crippen molar-refractivity contribution >= 4 is 0 Å². The van der Waals surface area contributed by atoms with Crippen molar-refractivity contribution in [2.24, 2.45) is 0 Å². The van der Waals surface area contributed by atoms with E-state index in [4.69, 9.17) is 4.74 Å². The van der Waals surface area contributed by atoms with Gasteiger partial charge in [0, 0.05) is 0 Å². The van der Waals surface area contributed by atoms with Gasteiger partial charge in [0.25, 0.3) is 0 Å². The molecule has 0 spiro atoms. The quantitative estimate of drug-likeness (QED) is 0.526. The van der Waals surface area contributed by atoms with Gasteiger partial charge in [0.15, 0.2) is 0 Å². The van der Waals surface area contributed by atoms with E-state index in [1.807, 2.05) is 0 Å². The summed E-state index contributed by atoms with van der Waals surface area (Å²) in [6.07, 6.45) is 1.70. The second kappa shape index (κ2) is 1.32. The first-order valence-electron chi connectivity index (χ1n) is 2.55. The first kappa shape index (κ1) is 4.09. The van der Waals surface area contributed by atoms with E-state index in [2.05, 4.69) is 9.97 Å². The highest BCUT2D eigenvalue weighted by Gasteiger charge is 2.11. The molecular weight excluding hydrogens is 104 g/mol. The third-order valence-electron chi connectivity index (χ3n) is 1.29. The molecule has 0 saturated heterocycles. The van der Waals surface area contributed by atoms with E-state index < -0.39 is 0 Å². The molecule has 1 aliphatic rings. The Balaban J connectivity index is 2.54. The van der Waals surface area contributed by atoms with E-state index in [1.165, 1.54) is 0 Å². The molecule has 1 aromatic rings. The number of rotatable bonds is 0. The molecule has 2 rings (SSSR count). The maximum absolute atomic E-state index is 5.06. The molecule has 0 fully saturated rings. The normalized spacial score (nSPS) is 16.5. The molecule has 1 aromatic heterocycles. The Kier molecular flexibility index (Phi) is 0.676. The van der Waals surface area contributed by atoms with Gasteiger partial charge in [-0.3, -0.25) is 0 Å². The number of aromatic nitrogens is 2. The van der Waals surface area contributed by atoms with E-state index in [9.17, 15) is 0 Å². The fraction of sp³-hybridized carbons (Fsp3) is 0.400. The number of nitrogens with one attached hydrogen (secondary N) is 1. The number of imidazole rings is 1. The molecule has 1 aliphatic heterocycles. The Bertz CT molecular complexity index is 176. The summed E-state index contributed by atoms with van der Waals surface area (Å²) in [5, 5.41) is 0. The number of fused-ring (bicyclic) bond motifs is 1. The van der Waals surface area contributed by atoms with Gasteiger partial charge in [-0.1, -0.05) is 0 Å². The van der Waals surface area contributed by atoms with Gasteiger partial charge >= 0.3 is 0 Å². The second-order valence-electron chi connectivity index (χ2n) is 1.82. The molecule has 0 radical (unpaired) electrons. The smallest absolute Gasteiger partial charge is 0.0926 e. The third-order valence-corrected chi connectivity index (χ3v) is 1.29. The molecule has 3 nitrogen and oxygen atoms in total. The highest BCUT2D eigenvalue weighted by molar-refractivity contribution is 5.11. The fourth-order valence-corrected chi connectivity index (χ4v) is 0.848. The molecule has 3 heteroatoms. The Labute approximate surface area is 46.7 Å². The first-order valence-corrected chi connectivity index (χ1v) is 2.55. The lowest BCUT2D eigenvalue weighted by atomic mass is 10.4. The van der Waals surface area contributed by atoms with Crippen molar-refractivity contribution in [2.45, 2.75) is 13.2 Å². The van der Waals surface area contributed by atoms with Crippen LogP contribution in [0.3, 0.4) is 0 Å². The molecule has 8 heavy (non-hydrogen) atoms. The maximum Gasteiger partial charge on any atom is 0.0926 e. The third kappa shape index (κ3) is 0.391. The summed E-state index contributed by atoms with van der Waals surface area (Å²) in [5.41, 5.74) is 2.19. The standard InChI is InChI=1S/C5H6N2O/c1-4-5(2-8-1)7-3-6-4/h3H,1-2H2,(H,6,7). The van der Waals surface area contributed by atoms with Crippen LogP contribution in [0.15, 0.2) is 6.33 Å². The molecule has 0 bridgehead atoms. The predicted octanol–water partition coefficient (Wildman–Crippen LogP) is 0.440. The van der Waals surface area contributed by atoms with Crippen molar-refractivity contribution in [3.8, 4) is 0 Å². The topological polar surface area (TPSA) is 37.9 Å². The minimum Gasteiger partial charge on any atom is -0.369 e. The molecule has 1 N–H and O–H groups in total. The Hall–Kier alpha value is -0.830. The summed E-state index contributed by atoms with van der Waals surface area (Å²) in [6, 6.07) is 0. The summed E-state index contributed by atoms with van der Waals surface area (Å²) < 4.78 is 5.06. The van der Waals surface area contributed by atoms with E-state index in [-0.39, 0.29) is 0 Å². The highest BCUT2D eigenvalue weighted by atomic mass is 16.5. The van der Waals surface area contributed by atoms with Crippen LogP contribution in [0.2, 0.25) is 0 Å². The van der Waals surface area contributed by atoms with Crippen molar-refractivity contribution in [2.75, 3.05) is 0 Å². The van der Waals surface area contributed by atoms with Gasteiger partial charge in [-0.05, 0) is 0 Å². The predicted molar refractivity (Wildman–Crippen MR) is 27.1 cm³/mol. The molecule has 0 atom stereocenters. The summed E-state index contributed by atoms with van der Waals surface area (Å²) in [4.78, 5) is 7.00. The van der Waals surface area contributed by atoms with Gasteiger partial charge in [-0.2, -0.15) is 0 Å². The van der Waals surface area contributed by atoms with Crippen LogP contribution in [-0.2, 0) is 18.0 Å². The van der Waals surface area contributed by atoms with Crippen LogP contribution in [0.4, 0.5) is 0 Å². The monoisotopic (exact) mass is 110 g/mol. The van der Waals surface area contributed by atoms with Crippen LogP contribution < -0.4 is 0 Å². The lowest BCUT2D eigenvalue weighted by molar-refractivity contribution is 0.131. The Morgan fingerprint density at radius 2 is 2.62 bits per heavy atom. The fourth-order valence-electron chi connectivity index (χ4n) is 0.848. The number of aromatic amines is 1. The minimum atomic E-state index is 0.679. The lowest BCUT2D eigenvalue weighted by Gasteiger charge is -1.82. The Morgan fingerprint density at radius 1 is 1.62 bits per heavy atom. The summed E-state index contributed by atoms with van der Waals surface area (Å²) in [5.74, 6) is 0. The van der Waals surface area contributed by atoms with Crippen LogP contribution in [0, 0.1) is 0 Å². The van der Waals surface area contributed by atoms with E-state index in [0.717, 1.165) is 11.4 Å². The molecule has 42 valence electrons. The molecule has 0 aromatic carbocycles. The summed E-state index contributed by atoms with van der Waals surface area (Å²) >= 11 is 0. The zero-order chi connectivity index (χ0) is 5.40. The van der Waals surface area contributed by atoms with Gasteiger partial charge in [0.05, 0.1) is 30.9 Å². The molecule has 0 aliphatic carbocycles. The van der Waals surface area contributed by atoms with Crippen molar-refractivity contribution in [3.63, 3.8) is 0 Å². The number of ether oxygens (including phenoxy) is 1. The number of nitrogens with zero attached hydrogens (tertiary/aromatic N) is 1. The number of hydrogen-bond acceptors (Lipinski definition) is 2. The van der Waals surface area contributed by atoms with E-state index in [1.54, 1.807) is 6.33 Å². The molecule has 0 saturated carbocycles. The molecule has 0 unspecified atom stereocenters. The largest absolute Gasteiger partial charge is 0.369 e. The SMILES string of the molecule is c1nc2c([nH]1)COC2. The average molecular weight is 110 g/mol. The van der Waals surface area contributed by atoms with Crippen molar-refractivity contribution in [1.29, 1.82) is 0 Å². The Morgan fingerprint density at radius 3 is 3.50 bits per heavy atom. The van der Waals surface area contributed by atoms with Crippen molar-refractivity contribution in [1.82, 2.24) is 9.97 Å². The number of hydrogen-bond donors (Lipinski definition) is 1. The summed E-state index contributed by atoms with van der Waals surface area (Å²) in [7, 11) is 0. The van der Waals surface area contributed by atoms with Crippen LogP contribution in [0.1, 0.15) is 11.4 Å². The van der Waals surface area contributed by atoms with Crippen LogP contribution in [-0.4, -0.2) is 9.97 Å². The zero-order valence-corrected chi connectivity index (χ0v) is 4.35. The average Bonchev–Trinajstić information content (AvgIpc) is 2.15. The minimum absolute atomic E-state index is 0.679. The lowest BCUT2D eigenvalue weighted by Crippen LogP contribution is -1.77. The van der Waals surface area contributed by atoms with E-state index in [0.29, 0.717) is 13.2 Å². The first-order chi connectivity index (χ1) is 3.97. The maximum atomic E-state index is 5.06. The van der Waals surface area contributed by atoms with Crippen molar-refractivity contribution < 1.29 is 4.74 Å². The van der Waals surface area contributed by atoms with Crippen LogP contribution >= 0.6 is 0 Å². The second-order valence-corrected chi connectivity index (χ2v) is 1.82. The van der Waals surface area contributed by atoms with Gasteiger partial charge in [0.2, 0.25) is 0 Å². The molecular formula is C5H6N2O. The van der Waals surface area contributed by atoms with Crippen LogP contribution in [0.5, 0.6) is 0 Å². The van der Waals surface area contributed by atoms with Gasteiger partial charge in [-0.15, -0.1) is 0 Å². The van der Waals surface area contributed by atoms with Gasteiger partial charge in [-0.25, -0.2) is 4.98 Å². The van der Waals surface area contributed by atoms with Crippen LogP contribution in [0.25, 0.3) is 0 Å². The molecule has 2 heterocycles. The highest BCUT2D eigenvalue weighted by Crippen LogP contribution is 2.13. The molecule has 0 amide bonds. The van der Waals surface area contributed by atoms with Gasteiger partial charge in [0.1, 0.15) is 0 Å². The summed E-state index contributed by atoms with van der Waals surface area (Å²) in [6.45, 7) is 1.38. The van der Waals surface area contributed by atoms with Crippen molar-refractivity contribution in [3.05, 3.63) is 17.7 Å². The number of H-pyrrole nitrogens is 1.